The van der Waals surface area contributed by atoms with Crippen LogP contribution in [0.5, 0.6) is 0 Å². The van der Waals surface area contributed by atoms with Crippen LogP contribution in [-0.2, 0) is 0 Å². The fourth-order valence-electron chi connectivity index (χ4n) is 3.32. The Morgan fingerprint density at radius 3 is 2.57 bits per heavy atom. The Morgan fingerprint density at radius 2 is 2.00 bits per heavy atom. The summed E-state index contributed by atoms with van der Waals surface area (Å²) >= 11 is 0. The smallest absolute Gasteiger partial charge is 0.0568 e. The molecule has 14 heavy (non-hydrogen) atoms. The summed E-state index contributed by atoms with van der Waals surface area (Å²) in [4.78, 5) is 0. The molecule has 2 fully saturated rings. The second-order valence-electron chi connectivity index (χ2n) is 6.11. The van der Waals surface area contributed by atoms with Crippen molar-refractivity contribution in [2.24, 2.45) is 17.3 Å². The first-order valence-corrected chi connectivity index (χ1v) is 6.27. The van der Waals surface area contributed by atoms with E-state index in [1.807, 2.05) is 0 Å². The van der Waals surface area contributed by atoms with Crippen LogP contribution in [-0.4, -0.2) is 11.2 Å². The minimum Gasteiger partial charge on any atom is -0.393 e. The average molecular weight is 196 g/mol. The monoisotopic (exact) mass is 196 g/mol. The summed E-state index contributed by atoms with van der Waals surface area (Å²) < 4.78 is 0. The van der Waals surface area contributed by atoms with E-state index in [0.29, 0.717) is 11.3 Å². The van der Waals surface area contributed by atoms with Crippen molar-refractivity contribution < 1.29 is 5.11 Å². The van der Waals surface area contributed by atoms with Gasteiger partial charge in [-0.25, -0.2) is 0 Å². The SMILES string of the molecule is CC1CCC(O)C(CC2(C)CCC2)C1. The van der Waals surface area contributed by atoms with E-state index in [4.69, 9.17) is 0 Å². The molecule has 1 heteroatoms. The summed E-state index contributed by atoms with van der Waals surface area (Å²) in [6.45, 7) is 4.74. The van der Waals surface area contributed by atoms with Crippen molar-refractivity contribution in [1.82, 2.24) is 0 Å². The molecule has 0 aromatic rings. The lowest BCUT2D eigenvalue weighted by Crippen LogP contribution is -2.36. The Kier molecular flexibility index (Phi) is 2.88. The average Bonchev–Trinajstić information content (AvgIpc) is 2.09. The lowest BCUT2D eigenvalue weighted by atomic mass is 9.63. The summed E-state index contributed by atoms with van der Waals surface area (Å²) in [5.74, 6) is 1.44. The van der Waals surface area contributed by atoms with Gasteiger partial charge in [0, 0.05) is 0 Å². The molecule has 2 saturated carbocycles. The van der Waals surface area contributed by atoms with Crippen LogP contribution >= 0.6 is 0 Å². The zero-order chi connectivity index (χ0) is 10.2. The van der Waals surface area contributed by atoms with Gasteiger partial charge in [-0.1, -0.05) is 20.3 Å². The predicted molar refractivity (Wildman–Crippen MR) is 59.1 cm³/mol. The van der Waals surface area contributed by atoms with Crippen molar-refractivity contribution in [3.05, 3.63) is 0 Å². The lowest BCUT2D eigenvalue weighted by Gasteiger charge is -2.44. The fourth-order valence-corrected chi connectivity index (χ4v) is 3.32. The van der Waals surface area contributed by atoms with Gasteiger partial charge >= 0.3 is 0 Å². The molecule has 2 rings (SSSR count). The van der Waals surface area contributed by atoms with E-state index < -0.39 is 0 Å². The summed E-state index contributed by atoms with van der Waals surface area (Å²) in [6, 6.07) is 0. The van der Waals surface area contributed by atoms with E-state index in [1.54, 1.807) is 0 Å². The van der Waals surface area contributed by atoms with Gasteiger partial charge in [-0.3, -0.25) is 0 Å². The molecule has 0 aliphatic heterocycles. The molecule has 2 aliphatic carbocycles. The van der Waals surface area contributed by atoms with Gasteiger partial charge in [0.15, 0.2) is 0 Å². The van der Waals surface area contributed by atoms with Gasteiger partial charge < -0.3 is 5.11 Å². The van der Waals surface area contributed by atoms with Crippen molar-refractivity contribution in [2.75, 3.05) is 0 Å². The van der Waals surface area contributed by atoms with Crippen LogP contribution in [0.25, 0.3) is 0 Å². The molecular formula is C13H24O. The van der Waals surface area contributed by atoms with Crippen LogP contribution < -0.4 is 0 Å². The summed E-state index contributed by atoms with van der Waals surface area (Å²) in [5.41, 5.74) is 0.586. The summed E-state index contributed by atoms with van der Waals surface area (Å²) in [5, 5.41) is 9.97. The maximum absolute atomic E-state index is 9.97. The van der Waals surface area contributed by atoms with E-state index in [9.17, 15) is 5.11 Å². The molecule has 0 amide bonds. The van der Waals surface area contributed by atoms with Crippen LogP contribution in [0, 0.1) is 17.3 Å². The molecule has 3 atom stereocenters. The Hall–Kier alpha value is -0.0400. The van der Waals surface area contributed by atoms with E-state index in [2.05, 4.69) is 13.8 Å². The first-order valence-electron chi connectivity index (χ1n) is 6.27. The molecule has 82 valence electrons. The molecular weight excluding hydrogens is 172 g/mol. The molecule has 3 unspecified atom stereocenters. The standard InChI is InChI=1S/C13H24O/c1-10-4-5-12(14)11(8-10)9-13(2)6-3-7-13/h10-12,14H,3-9H2,1-2H3. The quantitative estimate of drug-likeness (QED) is 0.718. The van der Waals surface area contributed by atoms with E-state index in [-0.39, 0.29) is 6.10 Å². The van der Waals surface area contributed by atoms with Gasteiger partial charge in [0.2, 0.25) is 0 Å². The van der Waals surface area contributed by atoms with Crippen LogP contribution in [0.3, 0.4) is 0 Å². The Morgan fingerprint density at radius 1 is 1.29 bits per heavy atom. The van der Waals surface area contributed by atoms with Gasteiger partial charge in [0.1, 0.15) is 0 Å². The highest BCUT2D eigenvalue weighted by molar-refractivity contribution is 4.89. The van der Waals surface area contributed by atoms with Gasteiger partial charge in [-0.15, -0.1) is 0 Å². The summed E-state index contributed by atoms with van der Waals surface area (Å²) in [6.07, 6.45) is 9.01. The molecule has 0 bridgehead atoms. The Bertz CT molecular complexity index is 195. The largest absolute Gasteiger partial charge is 0.393 e. The minimum atomic E-state index is 0.00336. The molecule has 1 N–H and O–H groups in total. The first-order chi connectivity index (χ1) is 6.59. The van der Waals surface area contributed by atoms with Gasteiger partial charge in [0.25, 0.3) is 0 Å². The van der Waals surface area contributed by atoms with E-state index in [1.165, 1.54) is 38.5 Å². The second-order valence-corrected chi connectivity index (χ2v) is 6.11. The van der Waals surface area contributed by atoms with Crippen LogP contribution in [0.1, 0.15) is 58.8 Å². The fraction of sp³-hybridized carbons (Fsp3) is 1.00. The van der Waals surface area contributed by atoms with Crippen LogP contribution in [0.4, 0.5) is 0 Å². The Balaban J connectivity index is 1.88. The third-order valence-corrected chi connectivity index (χ3v) is 4.52. The van der Waals surface area contributed by atoms with E-state index in [0.717, 1.165) is 12.3 Å². The molecule has 0 heterocycles. The van der Waals surface area contributed by atoms with Gasteiger partial charge in [-0.05, 0) is 55.8 Å². The third-order valence-electron chi connectivity index (χ3n) is 4.52. The van der Waals surface area contributed by atoms with Crippen LogP contribution in [0.2, 0.25) is 0 Å². The number of rotatable bonds is 2. The van der Waals surface area contributed by atoms with Crippen molar-refractivity contribution in [3.63, 3.8) is 0 Å². The topological polar surface area (TPSA) is 20.2 Å². The highest BCUT2D eigenvalue weighted by Crippen LogP contribution is 2.48. The minimum absolute atomic E-state index is 0.00336. The van der Waals surface area contributed by atoms with Crippen molar-refractivity contribution in [1.29, 1.82) is 0 Å². The van der Waals surface area contributed by atoms with Crippen molar-refractivity contribution >= 4 is 0 Å². The van der Waals surface area contributed by atoms with E-state index >= 15 is 0 Å². The number of aliphatic hydroxyl groups excluding tert-OH is 1. The molecule has 0 radical (unpaired) electrons. The maximum atomic E-state index is 9.97. The second kappa shape index (κ2) is 3.84. The molecule has 1 nitrogen and oxygen atoms in total. The lowest BCUT2D eigenvalue weighted by molar-refractivity contribution is 0.00474. The van der Waals surface area contributed by atoms with Crippen LogP contribution in [0.15, 0.2) is 0 Å². The summed E-state index contributed by atoms with van der Waals surface area (Å²) in [7, 11) is 0. The molecule has 0 aromatic carbocycles. The normalized spacial score (nSPS) is 41.8. The highest BCUT2D eigenvalue weighted by Gasteiger charge is 2.37. The van der Waals surface area contributed by atoms with Gasteiger partial charge in [-0.2, -0.15) is 0 Å². The number of hydrogen-bond acceptors (Lipinski definition) is 1. The molecule has 0 spiro atoms. The zero-order valence-electron chi connectivity index (χ0n) is 9.63. The zero-order valence-corrected chi connectivity index (χ0v) is 9.63. The van der Waals surface area contributed by atoms with Crippen molar-refractivity contribution in [2.45, 2.75) is 64.9 Å². The third kappa shape index (κ3) is 2.13. The maximum Gasteiger partial charge on any atom is 0.0568 e. The molecule has 2 aliphatic rings. The predicted octanol–water partition coefficient (Wildman–Crippen LogP) is 3.36. The van der Waals surface area contributed by atoms with Gasteiger partial charge in [0.05, 0.1) is 6.10 Å². The molecule has 0 aromatic heterocycles. The highest BCUT2D eigenvalue weighted by atomic mass is 16.3. The Labute approximate surface area is 87.9 Å². The first kappa shape index (κ1) is 10.5. The molecule has 0 saturated heterocycles. The van der Waals surface area contributed by atoms with Crippen molar-refractivity contribution in [3.8, 4) is 0 Å². The number of hydrogen-bond donors (Lipinski definition) is 1. The number of aliphatic hydroxyl groups is 1.